The Hall–Kier alpha value is -2.91. The number of fused-ring (bicyclic) bond motifs is 2. The molecule has 268 valence electrons. The van der Waals surface area contributed by atoms with Gasteiger partial charge in [-0.05, 0) is 91.3 Å². The lowest BCUT2D eigenvalue weighted by molar-refractivity contribution is -0.114. The van der Waals surface area contributed by atoms with E-state index < -0.39 is 36.6 Å². The second kappa shape index (κ2) is 13.6. The van der Waals surface area contributed by atoms with Crippen LogP contribution in [0.4, 0.5) is 11.4 Å². The molecular weight excluding hydrogens is 626 g/mol. The normalized spacial score (nSPS) is 23.0. The maximum Gasteiger partial charge on any atom is 0.494 e. The quantitative estimate of drug-likeness (QED) is 0.136. The molecule has 0 N–H and O–H groups in total. The third-order valence-electron chi connectivity index (χ3n) is 11.9. The summed E-state index contributed by atoms with van der Waals surface area (Å²) in [5.74, 6) is -0.250. The molecule has 50 heavy (non-hydrogen) atoms. The summed E-state index contributed by atoms with van der Waals surface area (Å²) in [7, 11) is -1.11. The predicted octanol–water partition coefficient (Wildman–Crippen LogP) is 7.05. The van der Waals surface area contributed by atoms with Crippen molar-refractivity contribution in [2.24, 2.45) is 0 Å². The second-order valence-corrected chi connectivity index (χ2v) is 16.5. The lowest BCUT2D eigenvalue weighted by Gasteiger charge is -2.32. The highest BCUT2D eigenvalue weighted by molar-refractivity contribution is 6.63. The van der Waals surface area contributed by atoms with Crippen molar-refractivity contribution in [3.63, 3.8) is 0 Å². The molecule has 8 nitrogen and oxygen atoms in total. The molecule has 2 saturated heterocycles. The number of hydrogen-bond acceptors (Lipinski definition) is 6. The van der Waals surface area contributed by atoms with Crippen LogP contribution in [0.2, 0.25) is 0 Å². The number of benzene rings is 2. The van der Waals surface area contributed by atoms with E-state index in [0.717, 1.165) is 84.8 Å². The van der Waals surface area contributed by atoms with Crippen LogP contribution in [0, 0.1) is 0 Å². The zero-order valence-electron chi connectivity index (χ0n) is 32.0. The molecule has 4 heterocycles. The molecule has 6 rings (SSSR count). The highest BCUT2D eigenvalue weighted by atomic mass is 16.7. The Morgan fingerprint density at radius 3 is 1.18 bits per heavy atom. The van der Waals surface area contributed by atoms with Crippen molar-refractivity contribution in [2.45, 2.75) is 143 Å². The van der Waals surface area contributed by atoms with E-state index in [1.54, 1.807) is 0 Å². The van der Waals surface area contributed by atoms with E-state index in [1.807, 2.05) is 102 Å². The minimum atomic E-state index is -0.556. The molecule has 0 aliphatic carbocycles. The number of amides is 2. The van der Waals surface area contributed by atoms with Gasteiger partial charge in [0, 0.05) is 24.2 Å². The number of rotatable bonds is 12. The van der Waals surface area contributed by atoms with Crippen molar-refractivity contribution in [2.75, 3.05) is 22.9 Å². The lowest BCUT2D eigenvalue weighted by atomic mass is 9.77. The summed E-state index contributed by atoms with van der Waals surface area (Å²) in [6.07, 6.45) is 8.28. The van der Waals surface area contributed by atoms with Gasteiger partial charge in [0.25, 0.3) is 11.8 Å². The van der Waals surface area contributed by atoms with Crippen molar-refractivity contribution in [1.29, 1.82) is 0 Å². The Labute approximate surface area is 300 Å². The molecule has 0 spiro atoms. The Morgan fingerprint density at radius 2 is 0.860 bits per heavy atom. The molecular formula is C40H56B2N2O6. The third-order valence-corrected chi connectivity index (χ3v) is 11.9. The summed E-state index contributed by atoms with van der Waals surface area (Å²) in [5, 5.41) is 0. The monoisotopic (exact) mass is 682 g/mol. The predicted molar refractivity (Wildman–Crippen MR) is 204 cm³/mol. The molecule has 4 aliphatic rings. The SMILES string of the molecule is CCCCCCN1C(=O)/C(=C2\C(=O)N(CCCCCC)c3cc(B4OC(C)(C)C(C)(C)O4)ccc32)c2ccc(B3OC(C)(C)C(C)(C)O3)cc21. The first-order valence-corrected chi connectivity index (χ1v) is 18.9. The molecule has 0 saturated carbocycles. The Bertz CT molecular complexity index is 1530. The second-order valence-electron chi connectivity index (χ2n) is 16.5. The van der Waals surface area contributed by atoms with Crippen LogP contribution in [-0.2, 0) is 28.2 Å². The minimum absolute atomic E-state index is 0.125. The Balaban J connectivity index is 1.44. The fraction of sp³-hybridized carbons (Fsp3) is 0.600. The summed E-state index contributed by atoms with van der Waals surface area (Å²) in [6, 6.07) is 12.0. The molecule has 2 aromatic rings. The van der Waals surface area contributed by atoms with Crippen molar-refractivity contribution < 1.29 is 28.2 Å². The fourth-order valence-corrected chi connectivity index (χ4v) is 7.26. The number of unbranched alkanes of at least 4 members (excludes halogenated alkanes) is 6. The Kier molecular flexibility index (Phi) is 10.0. The molecule has 4 aliphatic heterocycles. The molecule has 10 heteroatoms. The van der Waals surface area contributed by atoms with Crippen molar-refractivity contribution in [1.82, 2.24) is 0 Å². The maximum absolute atomic E-state index is 14.6. The maximum atomic E-state index is 14.6. The average molecular weight is 683 g/mol. The minimum Gasteiger partial charge on any atom is -0.399 e. The molecule has 0 radical (unpaired) electrons. The standard InChI is InChI=1S/C40H56B2N2O6/c1-11-13-15-17-23-43-31-25-27(41-47-37(3,4)38(5,6)48-41)19-21-29(31)33(35(43)45)34-30-22-20-28(42-49-39(7,8)40(9,10)50-42)26-32(30)44(36(34)46)24-18-16-14-12-2/h19-22,25-26H,11-18,23-24H2,1-10H3/b34-33-. The van der Waals surface area contributed by atoms with Crippen LogP contribution < -0.4 is 20.7 Å². The van der Waals surface area contributed by atoms with E-state index in [2.05, 4.69) is 13.8 Å². The highest BCUT2D eigenvalue weighted by Crippen LogP contribution is 2.47. The van der Waals surface area contributed by atoms with E-state index in [-0.39, 0.29) is 11.8 Å². The van der Waals surface area contributed by atoms with E-state index in [9.17, 15) is 9.59 Å². The first kappa shape index (κ1) is 36.9. The van der Waals surface area contributed by atoms with Gasteiger partial charge in [-0.1, -0.05) is 76.6 Å². The van der Waals surface area contributed by atoms with Gasteiger partial charge in [0.15, 0.2) is 0 Å². The van der Waals surface area contributed by atoms with Gasteiger partial charge in [-0.2, -0.15) is 0 Å². The van der Waals surface area contributed by atoms with Crippen molar-refractivity contribution in [3.05, 3.63) is 47.5 Å². The first-order valence-electron chi connectivity index (χ1n) is 18.9. The number of nitrogens with zero attached hydrogens (tertiary/aromatic N) is 2. The summed E-state index contributed by atoms with van der Waals surface area (Å²) in [6.45, 7) is 21.9. The molecule has 2 fully saturated rings. The topological polar surface area (TPSA) is 77.5 Å². The summed E-state index contributed by atoms with van der Waals surface area (Å²) in [4.78, 5) is 33.0. The smallest absolute Gasteiger partial charge is 0.399 e. The molecule has 0 aromatic heterocycles. The van der Waals surface area contributed by atoms with Crippen LogP contribution in [-0.4, -0.2) is 61.5 Å². The van der Waals surface area contributed by atoms with Gasteiger partial charge in [0.05, 0.1) is 44.9 Å². The summed E-state index contributed by atoms with van der Waals surface area (Å²) >= 11 is 0. The van der Waals surface area contributed by atoms with E-state index in [1.165, 1.54) is 0 Å². The average Bonchev–Trinajstić information content (AvgIpc) is 3.64. The van der Waals surface area contributed by atoms with Gasteiger partial charge in [-0.3, -0.25) is 9.59 Å². The van der Waals surface area contributed by atoms with Gasteiger partial charge in [-0.15, -0.1) is 0 Å². The van der Waals surface area contributed by atoms with Crippen LogP contribution in [0.25, 0.3) is 11.1 Å². The molecule has 2 amide bonds. The van der Waals surface area contributed by atoms with Gasteiger partial charge in [0.1, 0.15) is 0 Å². The molecule has 2 aromatic carbocycles. The number of hydrogen-bond donors (Lipinski definition) is 0. The first-order chi connectivity index (χ1) is 23.5. The van der Waals surface area contributed by atoms with Crippen LogP contribution in [0.5, 0.6) is 0 Å². The van der Waals surface area contributed by atoms with Gasteiger partial charge < -0.3 is 28.4 Å². The summed E-state index contributed by atoms with van der Waals surface area (Å²) < 4.78 is 25.6. The van der Waals surface area contributed by atoms with Crippen LogP contribution in [0.3, 0.4) is 0 Å². The summed E-state index contributed by atoms with van der Waals surface area (Å²) in [5.41, 5.74) is 3.91. The van der Waals surface area contributed by atoms with Crippen LogP contribution in [0.1, 0.15) is 132 Å². The zero-order valence-corrected chi connectivity index (χ0v) is 32.0. The van der Waals surface area contributed by atoms with Gasteiger partial charge in [-0.25, -0.2) is 0 Å². The Morgan fingerprint density at radius 1 is 0.520 bits per heavy atom. The number of anilines is 2. The van der Waals surface area contributed by atoms with E-state index in [0.29, 0.717) is 24.2 Å². The van der Waals surface area contributed by atoms with Crippen LogP contribution >= 0.6 is 0 Å². The zero-order chi connectivity index (χ0) is 36.2. The van der Waals surface area contributed by atoms with Gasteiger partial charge in [0.2, 0.25) is 0 Å². The molecule has 0 atom stereocenters. The van der Waals surface area contributed by atoms with Gasteiger partial charge >= 0.3 is 14.2 Å². The van der Waals surface area contributed by atoms with E-state index >= 15 is 0 Å². The van der Waals surface area contributed by atoms with E-state index in [4.69, 9.17) is 18.6 Å². The largest absolute Gasteiger partial charge is 0.494 e. The fourth-order valence-electron chi connectivity index (χ4n) is 7.26. The highest BCUT2D eigenvalue weighted by Gasteiger charge is 2.53. The third kappa shape index (κ3) is 6.39. The number of carbonyl (C=O) groups excluding carboxylic acids is 2. The van der Waals surface area contributed by atoms with Crippen LogP contribution in [0.15, 0.2) is 36.4 Å². The lowest BCUT2D eigenvalue weighted by Crippen LogP contribution is -2.41. The molecule has 0 bridgehead atoms. The molecule has 0 unspecified atom stereocenters. The van der Waals surface area contributed by atoms with Crippen molar-refractivity contribution >= 4 is 59.5 Å². The van der Waals surface area contributed by atoms with Crippen molar-refractivity contribution in [3.8, 4) is 0 Å². The number of carbonyl (C=O) groups is 2.